The summed E-state index contributed by atoms with van der Waals surface area (Å²) in [6.45, 7) is 1.92. The smallest absolute Gasteiger partial charge is 0.258 e. The summed E-state index contributed by atoms with van der Waals surface area (Å²) in [5.41, 5.74) is 1.51. The molecule has 0 atom stereocenters. The quantitative estimate of drug-likeness (QED) is 0.783. The predicted octanol–water partition coefficient (Wildman–Crippen LogP) is 1.43. The number of rotatable bonds is 7. The Kier molecular flexibility index (Phi) is 4.31. The van der Waals surface area contributed by atoms with Gasteiger partial charge in [-0.15, -0.1) is 0 Å². The van der Waals surface area contributed by atoms with Crippen LogP contribution in [0.2, 0.25) is 0 Å². The van der Waals surface area contributed by atoms with Crippen molar-refractivity contribution in [2.75, 3.05) is 13.2 Å². The number of pyridine rings is 1. The summed E-state index contributed by atoms with van der Waals surface area (Å²) in [4.78, 5) is 19.1. The van der Waals surface area contributed by atoms with Gasteiger partial charge in [-0.2, -0.15) is 0 Å². The molecule has 2 aromatic rings. The fourth-order valence-corrected chi connectivity index (χ4v) is 2.65. The lowest BCUT2D eigenvalue weighted by molar-refractivity contribution is 0.227. The van der Waals surface area contributed by atoms with E-state index in [0.29, 0.717) is 11.7 Å². The molecular formula is C16H21N3O2. The van der Waals surface area contributed by atoms with E-state index in [0.717, 1.165) is 31.6 Å². The van der Waals surface area contributed by atoms with Crippen molar-refractivity contribution >= 4 is 5.65 Å². The number of hydrogen-bond acceptors (Lipinski definition) is 4. The molecule has 112 valence electrons. The van der Waals surface area contributed by atoms with Gasteiger partial charge in [-0.1, -0.05) is 6.07 Å². The maximum Gasteiger partial charge on any atom is 0.258 e. The highest BCUT2D eigenvalue weighted by molar-refractivity contribution is 5.38. The van der Waals surface area contributed by atoms with E-state index in [-0.39, 0.29) is 12.2 Å². The summed E-state index contributed by atoms with van der Waals surface area (Å²) in [6, 6.07) is 7.85. The van der Waals surface area contributed by atoms with Crippen LogP contribution in [-0.2, 0) is 6.54 Å². The van der Waals surface area contributed by atoms with E-state index in [1.54, 1.807) is 16.7 Å². The molecule has 1 saturated carbocycles. The lowest BCUT2D eigenvalue weighted by Crippen LogP contribution is -2.28. The number of aliphatic hydroxyl groups is 1. The second kappa shape index (κ2) is 6.37. The summed E-state index contributed by atoms with van der Waals surface area (Å²) in [5, 5.41) is 8.90. The minimum atomic E-state index is -0.0262. The van der Waals surface area contributed by atoms with E-state index in [1.165, 1.54) is 12.8 Å². The Morgan fingerprint density at radius 1 is 1.33 bits per heavy atom. The number of aliphatic hydroxyl groups excluding tert-OH is 1. The molecule has 21 heavy (non-hydrogen) atoms. The van der Waals surface area contributed by atoms with E-state index in [1.807, 2.05) is 18.2 Å². The molecule has 0 radical (unpaired) electrons. The molecule has 5 heteroatoms. The molecule has 1 N–H and O–H groups in total. The van der Waals surface area contributed by atoms with Gasteiger partial charge in [-0.25, -0.2) is 4.98 Å². The molecule has 0 amide bonds. The van der Waals surface area contributed by atoms with Gasteiger partial charge in [0.05, 0.1) is 5.69 Å². The number of nitrogens with zero attached hydrogens (tertiary/aromatic N) is 3. The van der Waals surface area contributed by atoms with Gasteiger partial charge in [-0.05, 0) is 44.4 Å². The average Bonchev–Trinajstić information content (AvgIpc) is 3.31. The molecule has 2 aromatic heterocycles. The second-order valence-electron chi connectivity index (χ2n) is 5.65. The fourth-order valence-electron chi connectivity index (χ4n) is 2.65. The first kappa shape index (κ1) is 14.2. The van der Waals surface area contributed by atoms with Crippen molar-refractivity contribution in [2.45, 2.75) is 38.3 Å². The lowest BCUT2D eigenvalue weighted by atomic mass is 10.2. The van der Waals surface area contributed by atoms with Crippen LogP contribution in [0, 0.1) is 0 Å². The van der Waals surface area contributed by atoms with Crippen molar-refractivity contribution in [2.24, 2.45) is 0 Å². The van der Waals surface area contributed by atoms with Crippen LogP contribution < -0.4 is 5.56 Å². The highest BCUT2D eigenvalue weighted by Gasteiger charge is 2.28. The highest BCUT2D eigenvalue weighted by atomic mass is 16.2. The molecule has 0 spiro atoms. The summed E-state index contributed by atoms with van der Waals surface area (Å²) >= 11 is 0. The zero-order chi connectivity index (χ0) is 14.7. The van der Waals surface area contributed by atoms with Crippen LogP contribution in [0.3, 0.4) is 0 Å². The Labute approximate surface area is 123 Å². The zero-order valence-corrected chi connectivity index (χ0v) is 12.1. The van der Waals surface area contributed by atoms with Crippen molar-refractivity contribution < 1.29 is 5.11 Å². The van der Waals surface area contributed by atoms with E-state index >= 15 is 0 Å². The largest absolute Gasteiger partial charge is 0.396 e. The molecular weight excluding hydrogens is 266 g/mol. The number of aromatic nitrogens is 2. The monoisotopic (exact) mass is 287 g/mol. The molecule has 0 aromatic carbocycles. The maximum atomic E-state index is 12.1. The SMILES string of the molecule is O=c1cc(CN(CCCCO)C2CC2)nc2ccccn12. The topological polar surface area (TPSA) is 57.8 Å². The van der Waals surface area contributed by atoms with E-state index < -0.39 is 0 Å². The number of unbranched alkanes of at least 4 members (excludes halogenated alkanes) is 1. The van der Waals surface area contributed by atoms with Gasteiger partial charge < -0.3 is 5.11 Å². The third kappa shape index (κ3) is 3.49. The van der Waals surface area contributed by atoms with Gasteiger partial charge >= 0.3 is 0 Å². The Morgan fingerprint density at radius 2 is 2.19 bits per heavy atom. The van der Waals surface area contributed by atoms with Gasteiger partial charge in [0.15, 0.2) is 0 Å². The molecule has 0 unspecified atom stereocenters. The molecule has 2 heterocycles. The van der Waals surface area contributed by atoms with Crippen LogP contribution in [0.25, 0.3) is 5.65 Å². The van der Waals surface area contributed by atoms with Crippen LogP contribution in [0.1, 0.15) is 31.4 Å². The third-order valence-corrected chi connectivity index (χ3v) is 3.91. The van der Waals surface area contributed by atoms with Gasteiger partial charge in [-0.3, -0.25) is 14.1 Å². The zero-order valence-electron chi connectivity index (χ0n) is 12.1. The standard InChI is InChI=1S/C16H21N3O2/c20-10-4-3-8-18(14-6-7-14)12-13-11-16(21)19-9-2-1-5-15(19)17-13/h1-2,5,9,11,14,20H,3-4,6-8,10,12H2. The van der Waals surface area contributed by atoms with Crippen LogP contribution in [-0.4, -0.2) is 38.6 Å². The van der Waals surface area contributed by atoms with Gasteiger partial charge in [0.2, 0.25) is 0 Å². The van der Waals surface area contributed by atoms with Crippen molar-refractivity contribution in [3.63, 3.8) is 0 Å². The molecule has 1 aliphatic carbocycles. The average molecular weight is 287 g/mol. The van der Waals surface area contributed by atoms with E-state index in [2.05, 4.69) is 9.88 Å². The van der Waals surface area contributed by atoms with Crippen LogP contribution >= 0.6 is 0 Å². The van der Waals surface area contributed by atoms with Crippen molar-refractivity contribution in [1.29, 1.82) is 0 Å². The molecule has 1 fully saturated rings. The minimum absolute atomic E-state index is 0.0262. The Balaban J connectivity index is 1.77. The first-order valence-corrected chi connectivity index (χ1v) is 7.60. The van der Waals surface area contributed by atoms with Crippen molar-refractivity contribution in [3.8, 4) is 0 Å². The predicted molar refractivity (Wildman–Crippen MR) is 81.2 cm³/mol. The van der Waals surface area contributed by atoms with Gasteiger partial charge in [0.1, 0.15) is 5.65 Å². The van der Waals surface area contributed by atoms with E-state index in [9.17, 15) is 4.79 Å². The Hall–Kier alpha value is -1.72. The lowest BCUT2D eigenvalue weighted by Gasteiger charge is -2.21. The molecule has 0 saturated heterocycles. The summed E-state index contributed by atoms with van der Waals surface area (Å²) < 4.78 is 1.57. The Bertz CT molecular complexity index is 664. The normalized spacial score (nSPS) is 15.0. The fraction of sp³-hybridized carbons (Fsp3) is 0.500. The number of hydrogen-bond donors (Lipinski definition) is 1. The molecule has 5 nitrogen and oxygen atoms in total. The highest BCUT2D eigenvalue weighted by Crippen LogP contribution is 2.28. The first-order chi connectivity index (χ1) is 10.3. The van der Waals surface area contributed by atoms with Crippen LogP contribution in [0.4, 0.5) is 0 Å². The summed E-state index contributed by atoms with van der Waals surface area (Å²) in [7, 11) is 0. The minimum Gasteiger partial charge on any atom is -0.396 e. The maximum absolute atomic E-state index is 12.1. The third-order valence-electron chi connectivity index (χ3n) is 3.91. The van der Waals surface area contributed by atoms with Crippen LogP contribution in [0.15, 0.2) is 35.3 Å². The number of fused-ring (bicyclic) bond motifs is 1. The second-order valence-corrected chi connectivity index (χ2v) is 5.65. The van der Waals surface area contributed by atoms with Gasteiger partial charge in [0.25, 0.3) is 5.56 Å². The first-order valence-electron chi connectivity index (χ1n) is 7.60. The molecule has 1 aliphatic rings. The van der Waals surface area contributed by atoms with Gasteiger partial charge in [0, 0.05) is 31.5 Å². The van der Waals surface area contributed by atoms with E-state index in [4.69, 9.17) is 5.11 Å². The summed E-state index contributed by atoms with van der Waals surface area (Å²) in [6.07, 6.45) is 6.02. The molecule has 0 bridgehead atoms. The van der Waals surface area contributed by atoms with Crippen molar-refractivity contribution in [3.05, 3.63) is 46.5 Å². The molecule has 0 aliphatic heterocycles. The van der Waals surface area contributed by atoms with Crippen LogP contribution in [0.5, 0.6) is 0 Å². The van der Waals surface area contributed by atoms with Crippen molar-refractivity contribution in [1.82, 2.24) is 14.3 Å². The Morgan fingerprint density at radius 3 is 2.95 bits per heavy atom. The summed E-state index contributed by atoms with van der Waals surface area (Å²) in [5.74, 6) is 0. The molecule has 3 rings (SSSR count).